The standard InChI is InChI=1S/C30H31NO3/c1-4-22-12-7-8-15-31(22)30(32)16-20(2)25-17-26-27(19-34-29(26)18-28(25)33-3)24-14-9-11-21-10-5-6-13-23(21)24/h5-6,9-11,13-14,16-19,22H,4,7-8,12,15H2,1-3H3/b20-16+. The number of fused-ring (bicyclic) bond motifs is 2. The quantitative estimate of drug-likeness (QED) is 0.295. The summed E-state index contributed by atoms with van der Waals surface area (Å²) < 4.78 is 11.7. The summed E-state index contributed by atoms with van der Waals surface area (Å²) >= 11 is 0. The molecule has 1 atom stereocenters. The number of nitrogens with zero attached hydrogens (tertiary/aromatic N) is 1. The van der Waals surface area contributed by atoms with Crippen LogP contribution in [0, 0.1) is 0 Å². The molecule has 2 heterocycles. The average Bonchev–Trinajstić information content (AvgIpc) is 3.30. The maximum absolute atomic E-state index is 13.2. The van der Waals surface area contributed by atoms with Crippen molar-refractivity contribution in [3.8, 4) is 16.9 Å². The molecule has 1 unspecified atom stereocenters. The molecule has 4 aromatic rings. The monoisotopic (exact) mass is 453 g/mol. The minimum atomic E-state index is 0.0904. The Bertz CT molecular complexity index is 1380. The lowest BCUT2D eigenvalue weighted by molar-refractivity contribution is -0.129. The highest BCUT2D eigenvalue weighted by molar-refractivity contribution is 6.06. The maximum Gasteiger partial charge on any atom is 0.247 e. The van der Waals surface area contributed by atoms with Gasteiger partial charge in [0.1, 0.15) is 11.3 Å². The van der Waals surface area contributed by atoms with Crippen molar-refractivity contribution in [1.82, 2.24) is 4.90 Å². The van der Waals surface area contributed by atoms with Gasteiger partial charge in [-0.2, -0.15) is 0 Å². The molecule has 0 spiro atoms. The van der Waals surface area contributed by atoms with Crippen molar-refractivity contribution in [1.29, 1.82) is 0 Å². The Morgan fingerprint density at radius 2 is 1.91 bits per heavy atom. The molecule has 0 saturated carbocycles. The van der Waals surface area contributed by atoms with Crippen LogP contribution < -0.4 is 4.74 Å². The summed E-state index contributed by atoms with van der Waals surface area (Å²) in [5.41, 5.74) is 4.75. The van der Waals surface area contributed by atoms with Crippen molar-refractivity contribution in [2.75, 3.05) is 13.7 Å². The van der Waals surface area contributed by atoms with Gasteiger partial charge in [-0.15, -0.1) is 0 Å². The molecular formula is C30H31NO3. The van der Waals surface area contributed by atoms with Crippen molar-refractivity contribution in [3.63, 3.8) is 0 Å². The zero-order chi connectivity index (χ0) is 23.7. The number of ether oxygens (including phenoxy) is 1. The van der Waals surface area contributed by atoms with Crippen LogP contribution >= 0.6 is 0 Å². The molecule has 4 heteroatoms. The van der Waals surface area contributed by atoms with Crippen LogP contribution in [0.1, 0.15) is 45.1 Å². The van der Waals surface area contributed by atoms with Crippen LogP contribution in [-0.4, -0.2) is 30.5 Å². The van der Waals surface area contributed by atoms with E-state index in [0.717, 1.165) is 59.0 Å². The third kappa shape index (κ3) is 3.98. The summed E-state index contributed by atoms with van der Waals surface area (Å²) in [6, 6.07) is 19.1. The maximum atomic E-state index is 13.2. The summed E-state index contributed by atoms with van der Waals surface area (Å²) in [6.45, 7) is 4.99. The third-order valence-corrected chi connectivity index (χ3v) is 7.12. The van der Waals surface area contributed by atoms with Crippen LogP contribution in [0.3, 0.4) is 0 Å². The number of carbonyl (C=O) groups is 1. The largest absolute Gasteiger partial charge is 0.496 e. The number of piperidine rings is 1. The Labute approximate surface area is 200 Å². The number of hydrogen-bond donors (Lipinski definition) is 0. The normalized spacial score (nSPS) is 16.9. The number of carbonyl (C=O) groups excluding carboxylic acids is 1. The van der Waals surface area contributed by atoms with Gasteiger partial charge in [-0.25, -0.2) is 0 Å². The Kier molecular flexibility index (Phi) is 6.14. The molecule has 4 nitrogen and oxygen atoms in total. The molecule has 34 heavy (non-hydrogen) atoms. The highest BCUT2D eigenvalue weighted by Crippen LogP contribution is 2.39. The molecule has 0 radical (unpaired) electrons. The summed E-state index contributed by atoms with van der Waals surface area (Å²) in [7, 11) is 1.66. The van der Waals surface area contributed by atoms with Gasteiger partial charge in [-0.3, -0.25) is 4.79 Å². The van der Waals surface area contributed by atoms with E-state index in [1.54, 1.807) is 13.2 Å². The summed E-state index contributed by atoms with van der Waals surface area (Å²) in [4.78, 5) is 15.2. The van der Waals surface area contributed by atoms with Gasteiger partial charge in [0.25, 0.3) is 0 Å². The minimum Gasteiger partial charge on any atom is -0.496 e. The Balaban J connectivity index is 1.59. The first-order valence-electron chi connectivity index (χ1n) is 12.2. The molecule has 0 N–H and O–H groups in total. The first-order valence-corrected chi connectivity index (χ1v) is 12.2. The second-order valence-corrected chi connectivity index (χ2v) is 9.14. The average molecular weight is 454 g/mol. The number of allylic oxidation sites excluding steroid dienone is 1. The van der Waals surface area contributed by atoms with Crippen LogP contribution in [0.5, 0.6) is 5.75 Å². The fourth-order valence-corrected chi connectivity index (χ4v) is 5.26. The van der Waals surface area contributed by atoms with E-state index in [9.17, 15) is 4.79 Å². The number of hydrogen-bond acceptors (Lipinski definition) is 3. The first kappa shape index (κ1) is 22.3. The van der Waals surface area contributed by atoms with E-state index < -0.39 is 0 Å². The summed E-state index contributed by atoms with van der Waals surface area (Å²) in [6.07, 6.45) is 7.96. The van der Waals surface area contributed by atoms with Crippen molar-refractivity contribution < 1.29 is 13.9 Å². The van der Waals surface area contributed by atoms with Gasteiger partial charge in [-0.1, -0.05) is 49.4 Å². The van der Waals surface area contributed by atoms with E-state index in [1.165, 1.54) is 17.2 Å². The smallest absolute Gasteiger partial charge is 0.247 e. The molecule has 174 valence electrons. The molecule has 1 fully saturated rings. The number of likely N-dealkylation sites (tertiary alicyclic amines) is 1. The molecule has 1 aliphatic rings. The van der Waals surface area contributed by atoms with Crippen LogP contribution in [0.2, 0.25) is 0 Å². The Morgan fingerprint density at radius 1 is 1.09 bits per heavy atom. The lowest BCUT2D eigenvalue weighted by Crippen LogP contribution is -2.42. The van der Waals surface area contributed by atoms with Crippen molar-refractivity contribution >= 4 is 33.2 Å². The lowest BCUT2D eigenvalue weighted by Gasteiger charge is -2.34. The predicted octanol–water partition coefficient (Wildman–Crippen LogP) is 7.46. The van der Waals surface area contributed by atoms with Gasteiger partial charge in [0.05, 0.1) is 13.4 Å². The van der Waals surface area contributed by atoms with E-state index in [2.05, 4.69) is 55.5 Å². The van der Waals surface area contributed by atoms with E-state index in [-0.39, 0.29) is 5.91 Å². The first-order chi connectivity index (χ1) is 16.6. The summed E-state index contributed by atoms with van der Waals surface area (Å²) in [5, 5.41) is 3.39. The molecule has 0 bridgehead atoms. The third-order valence-electron chi connectivity index (χ3n) is 7.12. The SMILES string of the molecule is CCC1CCCCN1C(=O)/C=C(\C)c1cc2c(-c3cccc4ccccc34)coc2cc1OC. The van der Waals surface area contributed by atoms with Gasteiger partial charge >= 0.3 is 0 Å². The summed E-state index contributed by atoms with van der Waals surface area (Å²) in [5.74, 6) is 0.797. The van der Waals surface area contributed by atoms with Gasteiger partial charge < -0.3 is 14.1 Å². The highest BCUT2D eigenvalue weighted by atomic mass is 16.5. The molecule has 5 rings (SSSR count). The molecule has 0 aliphatic carbocycles. The Hall–Kier alpha value is -3.53. The predicted molar refractivity (Wildman–Crippen MR) is 139 cm³/mol. The van der Waals surface area contributed by atoms with Gasteiger partial charge in [0, 0.05) is 41.2 Å². The lowest BCUT2D eigenvalue weighted by atomic mass is 9.95. The van der Waals surface area contributed by atoms with Crippen molar-refractivity contribution in [3.05, 3.63) is 72.5 Å². The number of benzene rings is 3. The topological polar surface area (TPSA) is 42.7 Å². The second kappa shape index (κ2) is 9.38. The zero-order valence-corrected chi connectivity index (χ0v) is 20.1. The van der Waals surface area contributed by atoms with E-state index in [0.29, 0.717) is 11.8 Å². The van der Waals surface area contributed by atoms with E-state index >= 15 is 0 Å². The molecule has 1 saturated heterocycles. The van der Waals surface area contributed by atoms with E-state index in [4.69, 9.17) is 9.15 Å². The van der Waals surface area contributed by atoms with Crippen LogP contribution in [-0.2, 0) is 4.79 Å². The molecule has 1 amide bonds. The molecule has 3 aromatic carbocycles. The van der Waals surface area contributed by atoms with Crippen LogP contribution in [0.15, 0.2) is 71.4 Å². The van der Waals surface area contributed by atoms with Gasteiger partial charge in [0.15, 0.2) is 0 Å². The highest BCUT2D eigenvalue weighted by Gasteiger charge is 2.24. The molecular weight excluding hydrogens is 422 g/mol. The minimum absolute atomic E-state index is 0.0904. The molecule has 1 aliphatic heterocycles. The zero-order valence-electron chi connectivity index (χ0n) is 20.1. The van der Waals surface area contributed by atoms with Crippen molar-refractivity contribution in [2.24, 2.45) is 0 Å². The second-order valence-electron chi connectivity index (χ2n) is 9.14. The number of rotatable bonds is 5. The van der Waals surface area contributed by atoms with Crippen LogP contribution in [0.4, 0.5) is 0 Å². The van der Waals surface area contributed by atoms with Gasteiger partial charge in [0.2, 0.25) is 5.91 Å². The Morgan fingerprint density at radius 3 is 2.74 bits per heavy atom. The fraction of sp³-hybridized carbons (Fsp3) is 0.300. The van der Waals surface area contributed by atoms with Crippen LogP contribution in [0.25, 0.3) is 38.4 Å². The molecule has 1 aromatic heterocycles. The number of methoxy groups -OCH3 is 1. The van der Waals surface area contributed by atoms with E-state index in [1.807, 2.05) is 24.2 Å². The van der Waals surface area contributed by atoms with Gasteiger partial charge in [-0.05, 0) is 60.6 Å². The van der Waals surface area contributed by atoms with Crippen molar-refractivity contribution in [2.45, 2.75) is 45.6 Å². The number of furan rings is 1. The number of amides is 1. The fourth-order valence-electron chi connectivity index (χ4n) is 5.26.